The van der Waals surface area contributed by atoms with Crippen LogP contribution in [-0.2, 0) is 6.54 Å². The van der Waals surface area contributed by atoms with Gasteiger partial charge < -0.3 is 9.88 Å². The summed E-state index contributed by atoms with van der Waals surface area (Å²) in [6, 6.07) is 29.2. The number of hydrogen-bond acceptors (Lipinski definition) is 3. The number of fused-ring (bicyclic) bond motifs is 2. The molecule has 1 N–H and O–H groups in total. The Kier molecular flexibility index (Phi) is 3.79. The lowest BCUT2D eigenvalue weighted by molar-refractivity contribution is 0.844. The lowest BCUT2D eigenvalue weighted by atomic mass is 10.2. The number of nitrogens with one attached hydrogen (secondary N) is 1. The maximum atomic E-state index is 4.48. The van der Waals surface area contributed by atoms with E-state index in [1.807, 2.05) is 30.3 Å². The molecule has 27 heavy (non-hydrogen) atoms. The van der Waals surface area contributed by atoms with Crippen molar-refractivity contribution in [1.29, 1.82) is 0 Å². The quantitative estimate of drug-likeness (QED) is 0.473. The second-order valence-electron chi connectivity index (χ2n) is 6.52. The summed E-state index contributed by atoms with van der Waals surface area (Å²) in [6.07, 6.45) is 1.61. The molecule has 3 aromatic carbocycles. The fourth-order valence-electron chi connectivity index (χ4n) is 3.48. The van der Waals surface area contributed by atoms with Gasteiger partial charge in [-0.15, -0.1) is 0 Å². The third kappa shape index (κ3) is 2.91. The van der Waals surface area contributed by atoms with E-state index in [9.17, 15) is 0 Å². The molecule has 4 heteroatoms. The first-order valence-corrected chi connectivity index (χ1v) is 8.97. The zero-order valence-corrected chi connectivity index (χ0v) is 14.7. The van der Waals surface area contributed by atoms with Crippen molar-refractivity contribution in [3.8, 4) is 0 Å². The van der Waals surface area contributed by atoms with Gasteiger partial charge in [-0.2, -0.15) is 0 Å². The summed E-state index contributed by atoms with van der Waals surface area (Å²) in [6.45, 7) is 0.791. The molecule has 0 bridgehead atoms. The molecule has 0 unspecified atom stereocenters. The highest BCUT2D eigenvalue weighted by molar-refractivity contribution is 5.92. The lowest BCUT2D eigenvalue weighted by Gasteiger charge is -2.13. The normalized spacial score (nSPS) is 11.1. The number of aromatic nitrogens is 3. The number of nitrogens with zero attached hydrogens (tertiary/aromatic N) is 3. The molecule has 0 atom stereocenters. The summed E-state index contributed by atoms with van der Waals surface area (Å²) in [5, 5.41) is 5.75. The van der Waals surface area contributed by atoms with Crippen LogP contribution in [-0.4, -0.2) is 14.5 Å². The van der Waals surface area contributed by atoms with Gasteiger partial charge >= 0.3 is 0 Å². The molecule has 0 fully saturated rings. The number of anilines is 2. The Bertz CT molecular complexity index is 1220. The average Bonchev–Trinajstić information content (AvgIpc) is 3.06. The van der Waals surface area contributed by atoms with Crippen LogP contribution in [0.1, 0.15) is 5.56 Å². The lowest BCUT2D eigenvalue weighted by Crippen LogP contribution is -2.05. The molecule has 4 nitrogen and oxygen atoms in total. The Morgan fingerprint density at radius 2 is 1.56 bits per heavy atom. The maximum Gasteiger partial charge on any atom is 0.142 e. The van der Waals surface area contributed by atoms with Crippen LogP contribution in [0.5, 0.6) is 0 Å². The Hall–Kier alpha value is -3.66. The first kappa shape index (κ1) is 15.6. The Morgan fingerprint density at radius 1 is 0.778 bits per heavy atom. The molecule has 0 aliphatic heterocycles. The van der Waals surface area contributed by atoms with Gasteiger partial charge in [0.25, 0.3) is 0 Å². The van der Waals surface area contributed by atoms with Gasteiger partial charge in [0.15, 0.2) is 0 Å². The maximum absolute atomic E-state index is 4.48. The summed E-state index contributed by atoms with van der Waals surface area (Å²) >= 11 is 0. The topological polar surface area (TPSA) is 42.7 Å². The van der Waals surface area contributed by atoms with E-state index in [4.69, 9.17) is 0 Å². The minimum atomic E-state index is 0.791. The van der Waals surface area contributed by atoms with Gasteiger partial charge in [-0.3, -0.25) is 0 Å². The SMILES string of the molecule is c1ccc(Cn2c(Nc3ncnc4ccccc34)cc3ccccc32)cc1. The minimum Gasteiger partial charge on any atom is -0.326 e. The van der Waals surface area contributed by atoms with Crippen molar-refractivity contribution in [2.24, 2.45) is 0 Å². The molecule has 0 amide bonds. The van der Waals surface area contributed by atoms with Crippen LogP contribution in [0, 0.1) is 0 Å². The van der Waals surface area contributed by atoms with Gasteiger partial charge in [0.2, 0.25) is 0 Å². The van der Waals surface area contributed by atoms with E-state index in [-0.39, 0.29) is 0 Å². The van der Waals surface area contributed by atoms with Gasteiger partial charge in [0, 0.05) is 17.3 Å². The molecule has 0 aliphatic rings. The van der Waals surface area contributed by atoms with Crippen LogP contribution in [0.25, 0.3) is 21.8 Å². The third-order valence-electron chi connectivity index (χ3n) is 4.78. The van der Waals surface area contributed by atoms with Crippen LogP contribution in [0.2, 0.25) is 0 Å². The van der Waals surface area contributed by atoms with E-state index in [1.165, 1.54) is 16.5 Å². The van der Waals surface area contributed by atoms with E-state index in [2.05, 4.69) is 74.4 Å². The van der Waals surface area contributed by atoms with Crippen LogP contribution in [0.15, 0.2) is 91.3 Å². The summed E-state index contributed by atoms with van der Waals surface area (Å²) in [7, 11) is 0. The van der Waals surface area contributed by atoms with Gasteiger partial charge in [0.05, 0.1) is 11.0 Å². The molecule has 0 aliphatic carbocycles. The number of para-hydroxylation sites is 2. The molecule has 0 spiro atoms. The number of rotatable bonds is 4. The molecule has 0 saturated heterocycles. The van der Waals surface area contributed by atoms with Gasteiger partial charge in [-0.25, -0.2) is 9.97 Å². The largest absolute Gasteiger partial charge is 0.326 e. The second kappa shape index (κ2) is 6.57. The number of benzene rings is 3. The van der Waals surface area contributed by atoms with Crippen molar-refractivity contribution < 1.29 is 0 Å². The summed E-state index contributed by atoms with van der Waals surface area (Å²) in [5.74, 6) is 1.83. The molecule has 2 heterocycles. The van der Waals surface area contributed by atoms with Crippen LogP contribution < -0.4 is 5.32 Å². The van der Waals surface area contributed by atoms with E-state index < -0.39 is 0 Å². The van der Waals surface area contributed by atoms with Gasteiger partial charge in [-0.05, 0) is 29.8 Å². The fourth-order valence-corrected chi connectivity index (χ4v) is 3.48. The molecule has 2 aromatic heterocycles. The Balaban J connectivity index is 1.63. The second-order valence-corrected chi connectivity index (χ2v) is 6.52. The summed E-state index contributed by atoms with van der Waals surface area (Å²) in [4.78, 5) is 8.84. The molecule has 5 aromatic rings. The van der Waals surface area contributed by atoms with Crippen molar-refractivity contribution in [2.45, 2.75) is 6.54 Å². The highest BCUT2D eigenvalue weighted by Gasteiger charge is 2.11. The number of hydrogen-bond donors (Lipinski definition) is 1. The highest BCUT2D eigenvalue weighted by Crippen LogP contribution is 2.29. The smallest absolute Gasteiger partial charge is 0.142 e. The van der Waals surface area contributed by atoms with Gasteiger partial charge in [0.1, 0.15) is 18.0 Å². The van der Waals surface area contributed by atoms with Crippen molar-refractivity contribution in [2.75, 3.05) is 5.32 Å². The zero-order chi connectivity index (χ0) is 18.1. The summed E-state index contributed by atoms with van der Waals surface area (Å²) < 4.78 is 2.29. The van der Waals surface area contributed by atoms with E-state index in [0.717, 1.165) is 29.1 Å². The molecule has 0 radical (unpaired) electrons. The minimum absolute atomic E-state index is 0.791. The Morgan fingerprint density at radius 3 is 2.48 bits per heavy atom. The molecule has 5 rings (SSSR count). The van der Waals surface area contributed by atoms with Crippen LogP contribution in [0.3, 0.4) is 0 Å². The first-order valence-electron chi connectivity index (χ1n) is 8.97. The van der Waals surface area contributed by atoms with Crippen molar-refractivity contribution >= 4 is 33.4 Å². The van der Waals surface area contributed by atoms with Crippen LogP contribution >= 0.6 is 0 Å². The zero-order valence-electron chi connectivity index (χ0n) is 14.7. The Labute approximate surface area is 157 Å². The van der Waals surface area contributed by atoms with E-state index >= 15 is 0 Å². The molecule has 130 valence electrons. The molecule has 0 saturated carbocycles. The predicted molar refractivity (Wildman–Crippen MR) is 110 cm³/mol. The van der Waals surface area contributed by atoms with Crippen molar-refractivity contribution in [3.63, 3.8) is 0 Å². The van der Waals surface area contributed by atoms with Gasteiger partial charge in [-0.1, -0.05) is 60.7 Å². The van der Waals surface area contributed by atoms with Crippen molar-refractivity contribution in [3.05, 3.63) is 96.8 Å². The first-order chi connectivity index (χ1) is 13.4. The fraction of sp³-hybridized carbons (Fsp3) is 0.0435. The highest BCUT2D eigenvalue weighted by atomic mass is 15.1. The van der Waals surface area contributed by atoms with Crippen LogP contribution in [0.4, 0.5) is 11.6 Å². The van der Waals surface area contributed by atoms with E-state index in [1.54, 1.807) is 6.33 Å². The van der Waals surface area contributed by atoms with E-state index in [0.29, 0.717) is 0 Å². The monoisotopic (exact) mass is 350 g/mol. The summed E-state index contributed by atoms with van der Waals surface area (Å²) in [5.41, 5.74) is 3.39. The molecular formula is C23H18N4. The average molecular weight is 350 g/mol. The van der Waals surface area contributed by atoms with Crippen molar-refractivity contribution in [1.82, 2.24) is 14.5 Å². The standard InChI is InChI=1S/C23H18N4/c1-2-8-17(9-3-1)15-27-21-13-7-4-10-18(21)14-22(27)26-23-19-11-5-6-12-20(19)24-16-25-23/h1-14,16H,15H2,(H,24,25,26). The predicted octanol–water partition coefficient (Wildman–Crippen LogP) is 5.38. The molecular weight excluding hydrogens is 332 g/mol. The third-order valence-corrected chi connectivity index (χ3v) is 4.78.